The largest absolute Gasteiger partial charge is 0.381 e. The Hall–Kier alpha value is -0.980. The highest BCUT2D eigenvalue weighted by atomic mass is 79.9. The second-order valence-electron chi connectivity index (χ2n) is 9.04. The molecule has 154 valence electrons. The van der Waals surface area contributed by atoms with Crippen molar-refractivity contribution in [2.45, 2.75) is 71.0 Å². The minimum atomic E-state index is -0.236. The standard InChI is InChI=1S/C22H32BrN3O2/c1-15(2)22(7-3-19(12-22)25-18-5-9-28-10-6-18)21(27)26-8-4-20-16(14-26)11-17(23)13-24-20/h11,13,15,18-19,25H,3-10,12,14H2,1-2H3. The number of aromatic nitrogens is 1. The third-order valence-electron chi connectivity index (χ3n) is 7.07. The number of nitrogens with one attached hydrogen (secondary N) is 1. The monoisotopic (exact) mass is 449 g/mol. The highest BCUT2D eigenvalue weighted by molar-refractivity contribution is 9.10. The first-order chi connectivity index (χ1) is 13.5. The summed E-state index contributed by atoms with van der Waals surface area (Å²) in [5, 5.41) is 3.84. The molecule has 3 heterocycles. The topological polar surface area (TPSA) is 54.5 Å². The maximum atomic E-state index is 13.7. The van der Waals surface area contributed by atoms with E-state index in [-0.39, 0.29) is 5.41 Å². The first-order valence-electron chi connectivity index (χ1n) is 10.7. The van der Waals surface area contributed by atoms with Gasteiger partial charge in [-0.05, 0) is 65.6 Å². The van der Waals surface area contributed by atoms with Crippen molar-refractivity contribution in [1.82, 2.24) is 15.2 Å². The fourth-order valence-corrected chi connectivity index (χ4v) is 5.65. The lowest BCUT2D eigenvalue weighted by Crippen LogP contribution is -2.49. The van der Waals surface area contributed by atoms with Crippen LogP contribution in [0.3, 0.4) is 0 Å². The Kier molecular flexibility index (Phi) is 6.09. The number of hydrogen-bond acceptors (Lipinski definition) is 4. The van der Waals surface area contributed by atoms with Gasteiger partial charge < -0.3 is 15.0 Å². The number of rotatable bonds is 4. The summed E-state index contributed by atoms with van der Waals surface area (Å²) in [4.78, 5) is 20.4. The number of pyridine rings is 1. The van der Waals surface area contributed by atoms with Crippen molar-refractivity contribution < 1.29 is 9.53 Å². The van der Waals surface area contributed by atoms with Crippen LogP contribution in [0.15, 0.2) is 16.7 Å². The van der Waals surface area contributed by atoms with Gasteiger partial charge in [0, 0.05) is 61.2 Å². The summed E-state index contributed by atoms with van der Waals surface area (Å²) in [5.74, 6) is 0.702. The van der Waals surface area contributed by atoms with Crippen LogP contribution in [0.25, 0.3) is 0 Å². The molecule has 2 aliphatic heterocycles. The molecule has 2 fully saturated rings. The van der Waals surface area contributed by atoms with Gasteiger partial charge in [-0.3, -0.25) is 9.78 Å². The number of fused-ring (bicyclic) bond motifs is 1. The Balaban J connectivity index is 1.46. The third-order valence-corrected chi connectivity index (χ3v) is 7.50. The molecule has 4 rings (SSSR count). The van der Waals surface area contributed by atoms with E-state index in [2.05, 4.69) is 51.0 Å². The molecule has 5 nitrogen and oxygen atoms in total. The SMILES string of the molecule is CC(C)C1(C(=O)N2CCc3ncc(Br)cc3C2)CCC(NC2CCOCC2)C1. The van der Waals surface area contributed by atoms with Crippen molar-refractivity contribution >= 4 is 21.8 Å². The van der Waals surface area contributed by atoms with Gasteiger partial charge in [0.2, 0.25) is 5.91 Å². The van der Waals surface area contributed by atoms with Crippen molar-refractivity contribution in [2.75, 3.05) is 19.8 Å². The lowest BCUT2D eigenvalue weighted by Gasteiger charge is -2.39. The molecule has 1 N–H and O–H groups in total. The third kappa shape index (κ3) is 4.01. The maximum Gasteiger partial charge on any atom is 0.229 e. The van der Waals surface area contributed by atoms with Crippen molar-refractivity contribution in [2.24, 2.45) is 11.3 Å². The van der Waals surface area contributed by atoms with Gasteiger partial charge >= 0.3 is 0 Å². The maximum absolute atomic E-state index is 13.7. The average molecular weight is 450 g/mol. The zero-order chi connectivity index (χ0) is 19.7. The van der Waals surface area contributed by atoms with Gasteiger partial charge in [0.1, 0.15) is 0 Å². The molecule has 3 aliphatic rings. The lowest BCUT2D eigenvalue weighted by atomic mass is 9.74. The molecule has 28 heavy (non-hydrogen) atoms. The van der Waals surface area contributed by atoms with Crippen LogP contribution >= 0.6 is 15.9 Å². The first-order valence-corrected chi connectivity index (χ1v) is 11.5. The summed E-state index contributed by atoms with van der Waals surface area (Å²) in [6, 6.07) is 3.11. The molecular weight excluding hydrogens is 418 g/mol. The first kappa shape index (κ1) is 20.3. The minimum Gasteiger partial charge on any atom is -0.381 e. The molecule has 0 bridgehead atoms. The van der Waals surface area contributed by atoms with Crippen LogP contribution in [-0.4, -0.2) is 47.6 Å². The molecule has 1 saturated carbocycles. The molecule has 0 radical (unpaired) electrons. The second-order valence-corrected chi connectivity index (χ2v) is 9.96. The molecule has 2 atom stereocenters. The Morgan fingerprint density at radius 1 is 1.32 bits per heavy atom. The molecule has 2 unspecified atom stereocenters. The number of carbonyl (C=O) groups excluding carboxylic acids is 1. The zero-order valence-corrected chi connectivity index (χ0v) is 18.6. The number of ether oxygens (including phenoxy) is 1. The smallest absolute Gasteiger partial charge is 0.229 e. The number of amides is 1. The molecule has 6 heteroatoms. The predicted octanol–water partition coefficient (Wildman–Crippen LogP) is 3.69. The van der Waals surface area contributed by atoms with Crippen molar-refractivity contribution in [3.05, 3.63) is 28.0 Å². The Labute approximate surface area is 176 Å². The molecule has 1 aromatic rings. The van der Waals surface area contributed by atoms with E-state index in [1.54, 1.807) is 0 Å². The number of hydrogen-bond donors (Lipinski definition) is 1. The highest BCUT2D eigenvalue weighted by Gasteiger charge is 2.49. The van der Waals surface area contributed by atoms with Gasteiger partial charge in [0.05, 0.1) is 5.41 Å². The van der Waals surface area contributed by atoms with Crippen LogP contribution in [0.5, 0.6) is 0 Å². The van der Waals surface area contributed by atoms with Gasteiger partial charge in [0.25, 0.3) is 0 Å². The minimum absolute atomic E-state index is 0.236. The zero-order valence-electron chi connectivity index (χ0n) is 17.0. The van der Waals surface area contributed by atoms with E-state index in [1.807, 2.05) is 6.20 Å². The van der Waals surface area contributed by atoms with E-state index in [0.29, 0.717) is 30.5 Å². The molecule has 1 aliphatic carbocycles. The lowest BCUT2D eigenvalue weighted by molar-refractivity contribution is -0.146. The van der Waals surface area contributed by atoms with E-state index in [1.165, 1.54) is 5.56 Å². The van der Waals surface area contributed by atoms with Crippen LogP contribution in [0.1, 0.15) is 57.2 Å². The molecule has 0 spiro atoms. The Bertz CT molecular complexity index is 720. The molecule has 0 aromatic carbocycles. The summed E-state index contributed by atoms with van der Waals surface area (Å²) in [6.07, 6.45) is 7.93. The summed E-state index contributed by atoms with van der Waals surface area (Å²) >= 11 is 3.52. The van der Waals surface area contributed by atoms with Crippen LogP contribution in [0.2, 0.25) is 0 Å². The van der Waals surface area contributed by atoms with Crippen molar-refractivity contribution in [3.8, 4) is 0 Å². The number of nitrogens with zero attached hydrogens (tertiary/aromatic N) is 2. The molecule has 1 amide bonds. The van der Waals surface area contributed by atoms with Crippen LogP contribution in [0, 0.1) is 11.3 Å². The van der Waals surface area contributed by atoms with Gasteiger partial charge in [-0.15, -0.1) is 0 Å². The molecule has 1 aromatic heterocycles. The number of halogens is 1. The van der Waals surface area contributed by atoms with Gasteiger partial charge in [0.15, 0.2) is 0 Å². The fourth-order valence-electron chi connectivity index (χ4n) is 5.27. The summed E-state index contributed by atoms with van der Waals surface area (Å²) < 4.78 is 6.48. The summed E-state index contributed by atoms with van der Waals surface area (Å²) in [5.41, 5.74) is 2.08. The summed E-state index contributed by atoms with van der Waals surface area (Å²) in [6.45, 7) is 7.64. The van der Waals surface area contributed by atoms with Crippen LogP contribution in [-0.2, 0) is 22.5 Å². The predicted molar refractivity (Wildman–Crippen MR) is 113 cm³/mol. The normalized spacial score (nSPS) is 28.6. The van der Waals surface area contributed by atoms with Crippen LogP contribution < -0.4 is 5.32 Å². The van der Waals surface area contributed by atoms with E-state index >= 15 is 0 Å². The second kappa shape index (κ2) is 8.41. The van der Waals surface area contributed by atoms with E-state index in [9.17, 15) is 4.79 Å². The van der Waals surface area contributed by atoms with Crippen molar-refractivity contribution in [3.63, 3.8) is 0 Å². The fraction of sp³-hybridized carbons (Fsp3) is 0.727. The van der Waals surface area contributed by atoms with Gasteiger partial charge in [-0.2, -0.15) is 0 Å². The number of carbonyl (C=O) groups is 1. The quantitative estimate of drug-likeness (QED) is 0.761. The summed E-state index contributed by atoms with van der Waals surface area (Å²) in [7, 11) is 0. The van der Waals surface area contributed by atoms with Gasteiger partial charge in [-0.25, -0.2) is 0 Å². The molecule has 1 saturated heterocycles. The Morgan fingerprint density at radius 3 is 2.86 bits per heavy atom. The van der Waals surface area contributed by atoms with Crippen LogP contribution in [0.4, 0.5) is 0 Å². The van der Waals surface area contributed by atoms with Crippen molar-refractivity contribution in [1.29, 1.82) is 0 Å². The van der Waals surface area contributed by atoms with E-state index in [0.717, 1.165) is 68.5 Å². The Morgan fingerprint density at radius 2 is 2.11 bits per heavy atom. The highest BCUT2D eigenvalue weighted by Crippen LogP contribution is 2.46. The average Bonchev–Trinajstić information content (AvgIpc) is 3.13. The van der Waals surface area contributed by atoms with E-state index < -0.39 is 0 Å². The van der Waals surface area contributed by atoms with E-state index in [4.69, 9.17) is 4.74 Å². The van der Waals surface area contributed by atoms with Gasteiger partial charge in [-0.1, -0.05) is 13.8 Å². The molecular formula is C22H32BrN3O2.